The Balaban J connectivity index is 1.86. The van der Waals surface area contributed by atoms with Crippen LogP contribution in [-0.4, -0.2) is 31.2 Å². The van der Waals surface area contributed by atoms with Gasteiger partial charge in [-0.25, -0.2) is 4.98 Å². The van der Waals surface area contributed by atoms with Crippen molar-refractivity contribution in [2.75, 3.05) is 25.0 Å². The molecule has 1 aromatic heterocycles. The van der Waals surface area contributed by atoms with Crippen LogP contribution in [0.25, 0.3) is 10.2 Å². The molecule has 90 valence electrons. The topological polar surface area (TPSA) is 28.2 Å². The lowest BCUT2D eigenvalue weighted by Crippen LogP contribution is -2.41. The molecule has 0 bridgehead atoms. The number of benzene rings is 1. The molecule has 0 radical (unpaired) electrons. The van der Waals surface area contributed by atoms with Crippen molar-refractivity contribution in [1.82, 2.24) is 10.3 Å². The highest BCUT2D eigenvalue weighted by Gasteiger charge is 2.20. The van der Waals surface area contributed by atoms with Crippen LogP contribution in [0.4, 0.5) is 5.13 Å². The largest absolute Gasteiger partial charge is 0.348 e. The lowest BCUT2D eigenvalue weighted by atomic mass is 10.1. The minimum Gasteiger partial charge on any atom is -0.348 e. The van der Waals surface area contributed by atoms with E-state index in [2.05, 4.69) is 41.5 Å². The van der Waals surface area contributed by atoms with Gasteiger partial charge >= 0.3 is 0 Å². The molecule has 0 atom stereocenters. The Labute approximate surface area is 105 Å². The molecule has 1 aliphatic heterocycles. The van der Waals surface area contributed by atoms with E-state index in [1.165, 1.54) is 17.5 Å². The standard InChI is InChI=1S/C13H17N3S/c1-16(10-6-8-14-9-7-10)13-15-11-4-2-3-5-12(11)17-13/h2-5,10,14H,6-9H2,1H3. The van der Waals surface area contributed by atoms with Crippen LogP contribution in [0.2, 0.25) is 0 Å². The maximum atomic E-state index is 4.71. The number of para-hydroxylation sites is 1. The van der Waals surface area contributed by atoms with Crippen LogP contribution in [0.3, 0.4) is 0 Å². The zero-order chi connectivity index (χ0) is 11.7. The van der Waals surface area contributed by atoms with Crippen molar-refractivity contribution in [2.45, 2.75) is 18.9 Å². The number of anilines is 1. The molecule has 1 aromatic carbocycles. The van der Waals surface area contributed by atoms with E-state index in [9.17, 15) is 0 Å². The molecule has 0 aliphatic carbocycles. The number of hydrogen-bond acceptors (Lipinski definition) is 4. The van der Waals surface area contributed by atoms with Crippen LogP contribution in [0.5, 0.6) is 0 Å². The van der Waals surface area contributed by atoms with Crippen LogP contribution in [-0.2, 0) is 0 Å². The molecule has 17 heavy (non-hydrogen) atoms. The molecule has 0 saturated carbocycles. The molecule has 1 aliphatic rings. The van der Waals surface area contributed by atoms with E-state index >= 15 is 0 Å². The molecular formula is C13H17N3S. The summed E-state index contributed by atoms with van der Waals surface area (Å²) >= 11 is 1.79. The van der Waals surface area contributed by atoms with Gasteiger partial charge in [0.05, 0.1) is 10.2 Å². The zero-order valence-electron chi connectivity index (χ0n) is 10.0. The Morgan fingerprint density at radius 1 is 1.29 bits per heavy atom. The van der Waals surface area contributed by atoms with Gasteiger partial charge < -0.3 is 10.2 Å². The first-order chi connectivity index (χ1) is 8.34. The number of aromatic nitrogens is 1. The second-order valence-corrected chi connectivity index (χ2v) is 5.57. The second kappa shape index (κ2) is 4.63. The summed E-state index contributed by atoms with van der Waals surface area (Å²) in [4.78, 5) is 7.06. The summed E-state index contributed by atoms with van der Waals surface area (Å²) in [5.74, 6) is 0. The summed E-state index contributed by atoms with van der Waals surface area (Å²) in [5, 5.41) is 4.55. The Bertz CT molecular complexity index is 469. The van der Waals surface area contributed by atoms with Gasteiger partial charge in [0, 0.05) is 13.1 Å². The number of fused-ring (bicyclic) bond motifs is 1. The Kier molecular flexibility index (Phi) is 2.99. The van der Waals surface area contributed by atoms with Gasteiger partial charge in [-0.15, -0.1) is 0 Å². The van der Waals surface area contributed by atoms with Gasteiger partial charge in [-0.05, 0) is 38.1 Å². The maximum absolute atomic E-state index is 4.71. The summed E-state index contributed by atoms with van der Waals surface area (Å²) < 4.78 is 1.28. The monoisotopic (exact) mass is 247 g/mol. The molecule has 0 amide bonds. The van der Waals surface area contributed by atoms with Crippen LogP contribution >= 0.6 is 11.3 Å². The molecule has 1 saturated heterocycles. The molecule has 3 nitrogen and oxygen atoms in total. The number of thiazole rings is 1. The average Bonchev–Trinajstić information content (AvgIpc) is 2.82. The predicted molar refractivity (Wildman–Crippen MR) is 73.9 cm³/mol. The fourth-order valence-electron chi connectivity index (χ4n) is 2.36. The van der Waals surface area contributed by atoms with Gasteiger partial charge in [0.25, 0.3) is 0 Å². The summed E-state index contributed by atoms with van der Waals surface area (Å²) in [6.07, 6.45) is 2.43. The van der Waals surface area contributed by atoms with Crippen molar-refractivity contribution in [1.29, 1.82) is 0 Å². The van der Waals surface area contributed by atoms with Gasteiger partial charge in [0.1, 0.15) is 0 Å². The average molecular weight is 247 g/mol. The second-order valence-electron chi connectivity index (χ2n) is 4.56. The van der Waals surface area contributed by atoms with Crippen molar-refractivity contribution in [2.24, 2.45) is 0 Å². The van der Waals surface area contributed by atoms with Crippen molar-refractivity contribution in [3.05, 3.63) is 24.3 Å². The molecule has 1 fully saturated rings. The van der Waals surface area contributed by atoms with E-state index < -0.39 is 0 Å². The molecule has 4 heteroatoms. The van der Waals surface area contributed by atoms with Gasteiger partial charge in [-0.1, -0.05) is 23.5 Å². The van der Waals surface area contributed by atoms with Crippen molar-refractivity contribution in [3.63, 3.8) is 0 Å². The van der Waals surface area contributed by atoms with Crippen LogP contribution in [0.1, 0.15) is 12.8 Å². The Morgan fingerprint density at radius 2 is 2.06 bits per heavy atom. The molecule has 2 aromatic rings. The fourth-order valence-corrected chi connectivity index (χ4v) is 3.36. The van der Waals surface area contributed by atoms with E-state index in [1.807, 2.05) is 0 Å². The highest BCUT2D eigenvalue weighted by atomic mass is 32.1. The SMILES string of the molecule is CN(c1nc2ccccc2s1)C1CCNCC1. The number of nitrogens with zero attached hydrogens (tertiary/aromatic N) is 2. The molecule has 3 rings (SSSR count). The quantitative estimate of drug-likeness (QED) is 0.883. The predicted octanol–water partition coefficient (Wildman–Crippen LogP) is 2.48. The molecule has 1 N–H and O–H groups in total. The molecule has 2 heterocycles. The third-order valence-corrected chi connectivity index (χ3v) is 4.57. The minimum atomic E-state index is 0.636. The van der Waals surface area contributed by atoms with Gasteiger partial charge in [-0.3, -0.25) is 0 Å². The number of piperidine rings is 1. The molecule has 0 spiro atoms. The first kappa shape index (κ1) is 11.0. The summed E-state index contributed by atoms with van der Waals surface area (Å²) in [7, 11) is 2.17. The van der Waals surface area contributed by atoms with Gasteiger partial charge in [0.2, 0.25) is 0 Å². The van der Waals surface area contributed by atoms with Crippen molar-refractivity contribution in [3.8, 4) is 0 Å². The smallest absolute Gasteiger partial charge is 0.186 e. The summed E-state index contributed by atoms with van der Waals surface area (Å²) in [6.45, 7) is 2.25. The first-order valence-electron chi connectivity index (χ1n) is 6.14. The van der Waals surface area contributed by atoms with E-state index in [0.29, 0.717) is 6.04 Å². The minimum absolute atomic E-state index is 0.636. The number of rotatable bonds is 2. The van der Waals surface area contributed by atoms with E-state index in [4.69, 9.17) is 4.98 Å². The van der Waals surface area contributed by atoms with E-state index in [0.717, 1.165) is 23.7 Å². The van der Waals surface area contributed by atoms with Gasteiger partial charge in [-0.2, -0.15) is 0 Å². The third-order valence-electron chi connectivity index (χ3n) is 3.44. The van der Waals surface area contributed by atoms with Crippen LogP contribution in [0.15, 0.2) is 24.3 Å². The van der Waals surface area contributed by atoms with Crippen LogP contribution in [0, 0.1) is 0 Å². The highest BCUT2D eigenvalue weighted by molar-refractivity contribution is 7.22. The number of hydrogen-bond donors (Lipinski definition) is 1. The third kappa shape index (κ3) is 2.15. The fraction of sp³-hybridized carbons (Fsp3) is 0.462. The summed E-state index contributed by atoms with van der Waals surface area (Å²) in [5.41, 5.74) is 1.12. The van der Waals surface area contributed by atoms with E-state index in [1.54, 1.807) is 11.3 Å². The zero-order valence-corrected chi connectivity index (χ0v) is 10.8. The number of nitrogens with one attached hydrogen (secondary N) is 1. The molecule has 0 unspecified atom stereocenters. The Hall–Kier alpha value is -1.13. The van der Waals surface area contributed by atoms with Crippen molar-refractivity contribution < 1.29 is 0 Å². The normalized spacial score (nSPS) is 17.5. The molecular weight excluding hydrogens is 230 g/mol. The highest BCUT2D eigenvalue weighted by Crippen LogP contribution is 2.30. The lowest BCUT2D eigenvalue weighted by Gasteiger charge is -2.31. The summed E-state index contributed by atoms with van der Waals surface area (Å²) in [6, 6.07) is 9.00. The van der Waals surface area contributed by atoms with Gasteiger partial charge in [0.15, 0.2) is 5.13 Å². The maximum Gasteiger partial charge on any atom is 0.186 e. The Morgan fingerprint density at radius 3 is 2.82 bits per heavy atom. The van der Waals surface area contributed by atoms with E-state index in [-0.39, 0.29) is 0 Å². The lowest BCUT2D eigenvalue weighted by molar-refractivity contribution is 0.443. The van der Waals surface area contributed by atoms with Crippen molar-refractivity contribution >= 4 is 26.7 Å². The first-order valence-corrected chi connectivity index (χ1v) is 6.95. The van der Waals surface area contributed by atoms with Crippen LogP contribution < -0.4 is 10.2 Å².